The Hall–Kier alpha value is -2.40. The van der Waals surface area contributed by atoms with E-state index in [2.05, 4.69) is 15.6 Å². The van der Waals surface area contributed by atoms with Crippen LogP contribution in [-0.2, 0) is 0 Å². The number of carbonyl (C=O) groups excluding carboxylic acids is 2. The number of ketones is 1. The Morgan fingerprint density at radius 3 is 2.55 bits per heavy atom. The van der Waals surface area contributed by atoms with Crippen LogP contribution in [-0.4, -0.2) is 16.7 Å². The van der Waals surface area contributed by atoms with E-state index in [0.717, 1.165) is 0 Å². The number of rotatable bonds is 1. The van der Waals surface area contributed by atoms with Crippen molar-refractivity contribution in [1.82, 2.24) is 4.98 Å². The Balaban J connectivity index is 0.00000147. The summed E-state index contributed by atoms with van der Waals surface area (Å²) in [6.07, 6.45) is 0. The zero-order valence-electron chi connectivity index (χ0n) is 10.6. The summed E-state index contributed by atoms with van der Waals surface area (Å²) in [5.41, 5.74) is 2.14. The molecule has 0 saturated heterocycles. The number of aromatic nitrogens is 1. The highest BCUT2D eigenvalue weighted by atomic mass is 35.5. The van der Waals surface area contributed by atoms with Gasteiger partial charge in [0.1, 0.15) is 5.69 Å². The second-order valence-electron chi connectivity index (χ2n) is 4.27. The molecule has 102 valence electrons. The topological polar surface area (TPSA) is 71.1 Å². The molecular formula is C14H12ClN3O2. The van der Waals surface area contributed by atoms with Crippen molar-refractivity contribution in [2.24, 2.45) is 0 Å². The average Bonchev–Trinajstić information content (AvgIpc) is 2.54. The van der Waals surface area contributed by atoms with E-state index in [4.69, 9.17) is 0 Å². The Bertz CT molecular complexity index is 701. The number of nitrogens with one attached hydrogen (secondary N) is 2. The van der Waals surface area contributed by atoms with E-state index < -0.39 is 0 Å². The molecule has 0 aliphatic carbocycles. The van der Waals surface area contributed by atoms with Gasteiger partial charge in [-0.2, -0.15) is 0 Å². The van der Waals surface area contributed by atoms with Crippen LogP contribution in [0.3, 0.4) is 0 Å². The van der Waals surface area contributed by atoms with Gasteiger partial charge < -0.3 is 10.6 Å². The molecule has 1 aliphatic heterocycles. The molecule has 0 atom stereocenters. The highest BCUT2D eigenvalue weighted by Gasteiger charge is 2.19. The van der Waals surface area contributed by atoms with E-state index in [0.29, 0.717) is 28.5 Å². The van der Waals surface area contributed by atoms with Gasteiger partial charge in [0.15, 0.2) is 11.6 Å². The van der Waals surface area contributed by atoms with Gasteiger partial charge in [-0.05, 0) is 24.3 Å². The van der Waals surface area contributed by atoms with Gasteiger partial charge in [-0.1, -0.05) is 12.1 Å². The number of pyridine rings is 1. The molecule has 1 aromatic heterocycles. The fraction of sp³-hybridized carbons (Fsp3) is 0.0714. The highest BCUT2D eigenvalue weighted by Crippen LogP contribution is 2.30. The maximum Gasteiger partial charge on any atom is 0.257 e. The summed E-state index contributed by atoms with van der Waals surface area (Å²) in [7, 11) is 0. The highest BCUT2D eigenvalue weighted by molar-refractivity contribution is 6.11. The molecule has 2 aromatic rings. The third-order valence-electron chi connectivity index (χ3n) is 2.93. The summed E-state index contributed by atoms with van der Waals surface area (Å²) < 4.78 is 0. The van der Waals surface area contributed by atoms with Crippen molar-refractivity contribution in [3.8, 4) is 0 Å². The molecule has 5 nitrogen and oxygen atoms in total. The molecular weight excluding hydrogens is 278 g/mol. The van der Waals surface area contributed by atoms with Crippen molar-refractivity contribution in [1.29, 1.82) is 0 Å². The molecule has 6 heteroatoms. The van der Waals surface area contributed by atoms with Gasteiger partial charge in [-0.15, -0.1) is 12.4 Å². The summed E-state index contributed by atoms with van der Waals surface area (Å²) in [6, 6.07) is 10.4. The molecule has 0 radical (unpaired) electrons. The zero-order valence-corrected chi connectivity index (χ0v) is 11.5. The maximum absolute atomic E-state index is 12.0. The molecule has 1 amide bonds. The van der Waals surface area contributed by atoms with E-state index in [-0.39, 0.29) is 24.1 Å². The molecule has 1 aromatic carbocycles. The minimum absolute atomic E-state index is 0. The first-order valence-corrected chi connectivity index (χ1v) is 5.84. The predicted octanol–water partition coefficient (Wildman–Crippen LogP) is 3.02. The number of hydrogen-bond donors (Lipinski definition) is 2. The van der Waals surface area contributed by atoms with Crippen molar-refractivity contribution in [3.63, 3.8) is 0 Å². The van der Waals surface area contributed by atoms with Crippen LogP contribution in [0, 0.1) is 0 Å². The first kappa shape index (κ1) is 14.0. The molecule has 0 unspecified atom stereocenters. The summed E-state index contributed by atoms with van der Waals surface area (Å²) in [4.78, 5) is 27.6. The van der Waals surface area contributed by atoms with Gasteiger partial charge in [0.05, 0.1) is 16.9 Å². The van der Waals surface area contributed by atoms with Crippen LogP contribution in [0.2, 0.25) is 0 Å². The summed E-state index contributed by atoms with van der Waals surface area (Å²) in [6.45, 7) is 1.46. The van der Waals surface area contributed by atoms with E-state index in [9.17, 15) is 9.59 Å². The van der Waals surface area contributed by atoms with Gasteiger partial charge >= 0.3 is 0 Å². The van der Waals surface area contributed by atoms with Crippen molar-refractivity contribution < 1.29 is 9.59 Å². The minimum Gasteiger partial charge on any atom is -0.338 e. The molecule has 0 bridgehead atoms. The largest absolute Gasteiger partial charge is 0.338 e. The number of Topliss-reactive ketones (excluding diaryl/α,β-unsaturated/α-hetero) is 1. The lowest BCUT2D eigenvalue weighted by Gasteiger charge is -2.08. The molecule has 3 rings (SSSR count). The number of benzene rings is 1. The third kappa shape index (κ3) is 2.35. The SMILES string of the molecule is CC(=O)c1ccc2c(n1)Nc1ccccc1C(=O)N2.Cl. The fourth-order valence-corrected chi connectivity index (χ4v) is 1.96. The molecule has 1 aliphatic rings. The van der Waals surface area contributed by atoms with Crippen molar-refractivity contribution in [3.05, 3.63) is 47.7 Å². The Morgan fingerprint density at radius 1 is 1.05 bits per heavy atom. The average molecular weight is 290 g/mol. The number of para-hydroxylation sites is 1. The van der Waals surface area contributed by atoms with Crippen LogP contribution >= 0.6 is 12.4 Å². The smallest absolute Gasteiger partial charge is 0.257 e. The first-order chi connectivity index (χ1) is 9.15. The van der Waals surface area contributed by atoms with E-state index in [1.54, 1.807) is 30.3 Å². The molecule has 0 saturated carbocycles. The van der Waals surface area contributed by atoms with Gasteiger partial charge in [0.2, 0.25) is 0 Å². The van der Waals surface area contributed by atoms with Crippen molar-refractivity contribution in [2.75, 3.05) is 10.6 Å². The molecule has 0 spiro atoms. The lowest BCUT2D eigenvalue weighted by atomic mass is 10.1. The van der Waals surface area contributed by atoms with Crippen molar-refractivity contribution >= 4 is 41.3 Å². The predicted molar refractivity (Wildman–Crippen MR) is 79.2 cm³/mol. The quantitative estimate of drug-likeness (QED) is 0.792. The van der Waals surface area contributed by atoms with Crippen LogP contribution in [0.15, 0.2) is 36.4 Å². The Kier molecular flexibility index (Phi) is 3.72. The van der Waals surface area contributed by atoms with E-state index in [1.165, 1.54) is 6.92 Å². The monoisotopic (exact) mass is 289 g/mol. The number of amides is 1. The Labute approximate surface area is 121 Å². The van der Waals surface area contributed by atoms with Crippen LogP contribution in [0.5, 0.6) is 0 Å². The number of halogens is 1. The molecule has 2 N–H and O–H groups in total. The number of anilines is 3. The Morgan fingerprint density at radius 2 is 1.80 bits per heavy atom. The summed E-state index contributed by atoms with van der Waals surface area (Å²) in [5, 5.41) is 5.85. The van der Waals surface area contributed by atoms with Crippen molar-refractivity contribution in [2.45, 2.75) is 6.92 Å². The number of carbonyl (C=O) groups is 2. The van der Waals surface area contributed by atoms with Gasteiger partial charge in [-0.3, -0.25) is 9.59 Å². The van der Waals surface area contributed by atoms with Crippen LogP contribution in [0.25, 0.3) is 0 Å². The van der Waals surface area contributed by atoms with Gasteiger partial charge in [-0.25, -0.2) is 4.98 Å². The lowest BCUT2D eigenvalue weighted by Crippen LogP contribution is -2.10. The fourth-order valence-electron chi connectivity index (χ4n) is 1.96. The van der Waals surface area contributed by atoms with Gasteiger partial charge in [0.25, 0.3) is 5.91 Å². The number of fused-ring (bicyclic) bond motifs is 2. The lowest BCUT2D eigenvalue weighted by molar-refractivity contribution is 0.101. The normalized spacial score (nSPS) is 11.9. The maximum atomic E-state index is 12.0. The van der Waals surface area contributed by atoms with Crippen LogP contribution in [0.1, 0.15) is 27.8 Å². The second-order valence-corrected chi connectivity index (χ2v) is 4.27. The van der Waals surface area contributed by atoms with Crippen LogP contribution in [0.4, 0.5) is 17.2 Å². The molecule has 20 heavy (non-hydrogen) atoms. The van der Waals surface area contributed by atoms with E-state index >= 15 is 0 Å². The molecule has 2 heterocycles. The third-order valence-corrected chi connectivity index (χ3v) is 2.93. The summed E-state index contributed by atoms with van der Waals surface area (Å²) in [5.74, 6) is 0.165. The second kappa shape index (κ2) is 5.30. The molecule has 0 fully saturated rings. The van der Waals surface area contributed by atoms with Gasteiger partial charge in [0, 0.05) is 6.92 Å². The number of hydrogen-bond acceptors (Lipinski definition) is 4. The standard InChI is InChI=1S/C14H11N3O2.ClH/c1-8(18)10-6-7-12-13(15-10)16-11-5-3-2-4-9(11)14(19)17-12;/h2-7H,1H3,(H,15,16)(H,17,19);1H. The minimum atomic E-state index is -0.195. The summed E-state index contributed by atoms with van der Waals surface area (Å²) >= 11 is 0. The van der Waals surface area contributed by atoms with Crippen LogP contribution < -0.4 is 10.6 Å². The number of nitrogens with zero attached hydrogens (tertiary/aromatic N) is 1. The first-order valence-electron chi connectivity index (χ1n) is 5.84. The van der Waals surface area contributed by atoms with E-state index in [1.807, 2.05) is 6.07 Å². The zero-order chi connectivity index (χ0) is 13.4.